The number of ether oxygens (including phenoxy) is 1. The number of amides is 1. The molecule has 1 fully saturated rings. The molecule has 1 aliphatic rings. The summed E-state index contributed by atoms with van der Waals surface area (Å²) in [5.41, 5.74) is 0.668. The quantitative estimate of drug-likeness (QED) is 0.759. The molecule has 0 heterocycles. The van der Waals surface area contributed by atoms with Crippen LogP contribution in [0.2, 0.25) is 5.02 Å². The fraction of sp³-hybridized carbons (Fsp3) is 0.300. The average molecular weight is 373 g/mol. The van der Waals surface area contributed by atoms with E-state index >= 15 is 0 Å². The summed E-state index contributed by atoms with van der Waals surface area (Å²) in [6.45, 7) is 1.73. The molecule has 0 radical (unpaired) electrons. The van der Waals surface area contributed by atoms with Gasteiger partial charge in [-0.3, -0.25) is 4.79 Å². The number of benzene rings is 2. The molecular weight excluding hydrogens is 355 g/mol. The van der Waals surface area contributed by atoms with Crippen LogP contribution in [0, 0.1) is 17.1 Å². The van der Waals surface area contributed by atoms with E-state index in [1.165, 1.54) is 12.1 Å². The van der Waals surface area contributed by atoms with E-state index in [0.717, 1.165) is 12.8 Å². The smallest absolute Gasteiger partial charge is 0.263 e. The molecule has 6 heteroatoms. The van der Waals surface area contributed by atoms with E-state index in [0.29, 0.717) is 21.9 Å². The lowest BCUT2D eigenvalue weighted by Gasteiger charge is -2.27. The monoisotopic (exact) mass is 372 g/mol. The van der Waals surface area contributed by atoms with Gasteiger partial charge in [0, 0.05) is 16.6 Å². The lowest BCUT2D eigenvalue weighted by Crippen LogP contribution is -2.41. The summed E-state index contributed by atoms with van der Waals surface area (Å²) >= 11 is 6.11. The molecule has 1 saturated carbocycles. The van der Waals surface area contributed by atoms with Gasteiger partial charge in [0.25, 0.3) is 5.91 Å². The van der Waals surface area contributed by atoms with Crippen molar-refractivity contribution in [2.45, 2.75) is 38.5 Å². The van der Waals surface area contributed by atoms with E-state index in [1.807, 2.05) is 6.07 Å². The Hall–Kier alpha value is -2.58. The number of nitrogens with zero attached hydrogens (tertiary/aromatic N) is 2. The Balaban J connectivity index is 1.78. The van der Waals surface area contributed by atoms with Crippen molar-refractivity contribution in [2.24, 2.45) is 0 Å². The van der Waals surface area contributed by atoms with Crippen LogP contribution in [-0.2, 0) is 11.3 Å². The van der Waals surface area contributed by atoms with Crippen LogP contribution < -0.4 is 4.74 Å². The molecule has 1 atom stereocenters. The first kappa shape index (κ1) is 18.2. The molecule has 0 aliphatic heterocycles. The minimum Gasteiger partial charge on any atom is -0.480 e. The number of hydrogen-bond acceptors (Lipinski definition) is 3. The van der Waals surface area contributed by atoms with Gasteiger partial charge in [-0.2, -0.15) is 5.26 Å². The topological polar surface area (TPSA) is 53.3 Å². The standard InChI is InChI=1S/C20H18ClFN2O2/c1-13(26-19-8-3-2-5-14(19)11-23)20(25)24(15-9-10-15)12-16-17(21)6-4-7-18(16)22/h2-8,13,15H,9-10,12H2,1H3. The molecule has 2 aromatic rings. The summed E-state index contributed by atoms with van der Waals surface area (Å²) in [6, 6.07) is 13.3. The Morgan fingerprint density at radius 1 is 1.35 bits per heavy atom. The van der Waals surface area contributed by atoms with Crippen LogP contribution in [0.25, 0.3) is 0 Å². The van der Waals surface area contributed by atoms with Crippen LogP contribution >= 0.6 is 11.6 Å². The van der Waals surface area contributed by atoms with Crippen molar-refractivity contribution in [1.29, 1.82) is 5.26 Å². The van der Waals surface area contributed by atoms with E-state index in [2.05, 4.69) is 0 Å². The second kappa shape index (κ2) is 7.76. The molecule has 26 heavy (non-hydrogen) atoms. The van der Waals surface area contributed by atoms with Gasteiger partial charge in [-0.25, -0.2) is 4.39 Å². The Morgan fingerprint density at radius 2 is 2.08 bits per heavy atom. The average Bonchev–Trinajstić information content (AvgIpc) is 3.46. The van der Waals surface area contributed by atoms with Crippen LogP contribution in [0.3, 0.4) is 0 Å². The molecule has 1 unspecified atom stereocenters. The molecule has 1 amide bonds. The van der Waals surface area contributed by atoms with E-state index in [1.54, 1.807) is 42.2 Å². The van der Waals surface area contributed by atoms with Crippen molar-refractivity contribution in [3.05, 3.63) is 64.4 Å². The first-order chi connectivity index (χ1) is 12.5. The molecule has 0 N–H and O–H groups in total. The SMILES string of the molecule is CC(Oc1ccccc1C#N)C(=O)N(Cc1c(F)cccc1Cl)C1CC1. The van der Waals surface area contributed by atoms with Crippen molar-refractivity contribution >= 4 is 17.5 Å². The van der Waals surface area contributed by atoms with Crippen molar-refractivity contribution in [3.8, 4) is 11.8 Å². The lowest BCUT2D eigenvalue weighted by molar-refractivity contribution is -0.139. The van der Waals surface area contributed by atoms with Gasteiger partial charge in [-0.1, -0.05) is 29.8 Å². The molecule has 2 aromatic carbocycles. The molecular formula is C20H18ClFN2O2. The van der Waals surface area contributed by atoms with Crippen LogP contribution in [0.1, 0.15) is 30.9 Å². The summed E-state index contributed by atoms with van der Waals surface area (Å²) in [4.78, 5) is 14.5. The first-order valence-corrected chi connectivity index (χ1v) is 8.78. The molecule has 0 saturated heterocycles. The Labute approximate surface area is 156 Å². The normalized spacial score (nSPS) is 14.4. The minimum atomic E-state index is -0.796. The molecule has 134 valence electrons. The predicted molar refractivity (Wildman–Crippen MR) is 96.2 cm³/mol. The molecule has 4 nitrogen and oxygen atoms in total. The van der Waals surface area contributed by atoms with E-state index in [-0.39, 0.29) is 18.5 Å². The Kier molecular flexibility index (Phi) is 5.43. The second-order valence-electron chi connectivity index (χ2n) is 6.27. The van der Waals surface area contributed by atoms with Gasteiger partial charge in [-0.05, 0) is 44.0 Å². The predicted octanol–water partition coefficient (Wildman–Crippen LogP) is 4.31. The number of carbonyl (C=O) groups is 1. The summed E-state index contributed by atoms with van der Waals surface area (Å²) in [5, 5.41) is 9.45. The van der Waals surface area contributed by atoms with Crippen LogP contribution in [0.15, 0.2) is 42.5 Å². The van der Waals surface area contributed by atoms with Gasteiger partial charge in [0.2, 0.25) is 0 Å². The van der Waals surface area contributed by atoms with Crippen LogP contribution in [0.4, 0.5) is 4.39 Å². The highest BCUT2D eigenvalue weighted by Gasteiger charge is 2.36. The van der Waals surface area contributed by atoms with Gasteiger partial charge in [0.15, 0.2) is 6.10 Å². The maximum atomic E-state index is 14.1. The minimum absolute atomic E-state index is 0.0652. The number of carbonyl (C=O) groups excluding carboxylic acids is 1. The van der Waals surface area contributed by atoms with Crippen molar-refractivity contribution < 1.29 is 13.9 Å². The molecule has 3 rings (SSSR count). The van der Waals surface area contributed by atoms with Gasteiger partial charge in [0.1, 0.15) is 17.6 Å². The summed E-state index contributed by atoms with van der Waals surface area (Å²) in [7, 11) is 0. The third kappa shape index (κ3) is 3.97. The van der Waals surface area contributed by atoms with E-state index in [9.17, 15) is 9.18 Å². The molecule has 0 bridgehead atoms. The zero-order chi connectivity index (χ0) is 18.7. The van der Waals surface area contributed by atoms with Crippen LogP contribution in [0.5, 0.6) is 5.75 Å². The lowest BCUT2D eigenvalue weighted by atomic mass is 10.1. The molecule has 1 aliphatic carbocycles. The second-order valence-corrected chi connectivity index (χ2v) is 6.67. The van der Waals surface area contributed by atoms with Gasteiger partial charge >= 0.3 is 0 Å². The number of para-hydroxylation sites is 1. The van der Waals surface area contributed by atoms with E-state index in [4.69, 9.17) is 21.6 Å². The third-order valence-electron chi connectivity index (χ3n) is 4.32. The summed E-state index contributed by atoms with van der Waals surface area (Å²) in [6.07, 6.45) is 0.953. The number of halogens is 2. The Bertz CT molecular complexity index is 841. The Morgan fingerprint density at radius 3 is 2.73 bits per heavy atom. The summed E-state index contributed by atoms with van der Waals surface area (Å²) < 4.78 is 19.8. The molecule has 0 aromatic heterocycles. The number of rotatable bonds is 6. The highest BCUT2D eigenvalue weighted by Crippen LogP contribution is 2.32. The summed E-state index contributed by atoms with van der Waals surface area (Å²) in [5.74, 6) is -0.325. The fourth-order valence-corrected chi connectivity index (χ4v) is 2.99. The first-order valence-electron chi connectivity index (χ1n) is 8.40. The highest BCUT2D eigenvalue weighted by molar-refractivity contribution is 6.31. The zero-order valence-corrected chi connectivity index (χ0v) is 15.0. The molecule has 0 spiro atoms. The highest BCUT2D eigenvalue weighted by atomic mass is 35.5. The zero-order valence-electron chi connectivity index (χ0n) is 14.3. The van der Waals surface area contributed by atoms with Crippen LogP contribution in [-0.4, -0.2) is 23.0 Å². The van der Waals surface area contributed by atoms with Gasteiger partial charge in [-0.15, -0.1) is 0 Å². The van der Waals surface area contributed by atoms with Crippen molar-refractivity contribution in [2.75, 3.05) is 0 Å². The third-order valence-corrected chi connectivity index (χ3v) is 4.67. The van der Waals surface area contributed by atoms with Crippen molar-refractivity contribution in [3.63, 3.8) is 0 Å². The maximum absolute atomic E-state index is 14.1. The van der Waals surface area contributed by atoms with Gasteiger partial charge < -0.3 is 9.64 Å². The fourth-order valence-electron chi connectivity index (χ4n) is 2.76. The number of nitriles is 1. The largest absolute Gasteiger partial charge is 0.480 e. The number of hydrogen-bond donors (Lipinski definition) is 0. The van der Waals surface area contributed by atoms with E-state index < -0.39 is 11.9 Å². The van der Waals surface area contributed by atoms with Gasteiger partial charge in [0.05, 0.1) is 12.1 Å². The van der Waals surface area contributed by atoms with Crippen molar-refractivity contribution in [1.82, 2.24) is 4.90 Å². The maximum Gasteiger partial charge on any atom is 0.263 e.